The average Bonchev–Trinajstić information content (AvgIpc) is 2.64. The van der Waals surface area contributed by atoms with Gasteiger partial charge in [0, 0.05) is 29.9 Å². The number of carbonyl (C=O) groups is 1. The van der Waals surface area contributed by atoms with Gasteiger partial charge in [0.15, 0.2) is 5.95 Å². The van der Waals surface area contributed by atoms with Gasteiger partial charge < -0.3 is 15.0 Å². The van der Waals surface area contributed by atoms with Crippen LogP contribution in [0.25, 0.3) is 10.9 Å². The lowest BCUT2D eigenvalue weighted by Gasteiger charge is -2.03. The molecule has 5 heteroatoms. The third-order valence-electron chi connectivity index (χ3n) is 2.81. The van der Waals surface area contributed by atoms with E-state index in [4.69, 9.17) is 4.74 Å². The van der Waals surface area contributed by atoms with E-state index in [1.807, 2.05) is 0 Å². The summed E-state index contributed by atoms with van der Waals surface area (Å²) in [5.41, 5.74) is 1.30. The molecule has 0 unspecified atom stereocenters. The molecule has 0 saturated carbocycles. The van der Waals surface area contributed by atoms with Crippen molar-refractivity contribution in [2.45, 2.75) is 13.3 Å². The fourth-order valence-corrected chi connectivity index (χ4v) is 1.93. The quantitative estimate of drug-likeness (QED) is 0.872. The minimum atomic E-state index is -0.358. The van der Waals surface area contributed by atoms with Crippen molar-refractivity contribution in [2.24, 2.45) is 0 Å². The third kappa shape index (κ3) is 2.45. The molecule has 1 aromatic heterocycles. The Labute approximate surface area is 104 Å². The number of rotatable bonds is 4. The summed E-state index contributed by atoms with van der Waals surface area (Å²) in [6, 6.07) is 5.34. The molecule has 0 bridgehead atoms. The Balaban J connectivity index is 2.29. The number of carbonyl (C=O) groups excluding carboxylic acids is 1. The average molecular weight is 250 g/mol. The molecule has 0 aliphatic carbocycles. The van der Waals surface area contributed by atoms with E-state index in [1.165, 1.54) is 6.92 Å². The highest BCUT2D eigenvalue weighted by atomic mass is 19.1. The van der Waals surface area contributed by atoms with Crippen LogP contribution in [0.4, 0.5) is 4.39 Å². The van der Waals surface area contributed by atoms with Crippen LogP contribution in [0, 0.1) is 5.95 Å². The number of halogens is 1. The maximum atomic E-state index is 13.8. The highest BCUT2D eigenvalue weighted by Gasteiger charge is 2.11. The highest BCUT2D eigenvalue weighted by molar-refractivity contribution is 5.85. The molecular weight excluding hydrogens is 235 g/mol. The van der Waals surface area contributed by atoms with Crippen LogP contribution in [-0.4, -0.2) is 24.5 Å². The minimum absolute atomic E-state index is 0.118. The number of nitrogens with one attached hydrogen (secondary N) is 2. The summed E-state index contributed by atoms with van der Waals surface area (Å²) in [5.74, 6) is 0.207. The van der Waals surface area contributed by atoms with Crippen molar-refractivity contribution in [3.05, 3.63) is 29.7 Å². The fourth-order valence-electron chi connectivity index (χ4n) is 1.93. The lowest BCUT2D eigenvalue weighted by molar-refractivity contribution is -0.118. The summed E-state index contributed by atoms with van der Waals surface area (Å²) in [5, 5.41) is 3.44. The first-order valence-electron chi connectivity index (χ1n) is 5.70. The summed E-state index contributed by atoms with van der Waals surface area (Å²) in [4.78, 5) is 13.5. The van der Waals surface area contributed by atoms with Gasteiger partial charge in [-0.15, -0.1) is 0 Å². The Morgan fingerprint density at radius 3 is 2.94 bits per heavy atom. The van der Waals surface area contributed by atoms with Crippen LogP contribution >= 0.6 is 0 Å². The molecule has 0 atom stereocenters. The second-order valence-corrected chi connectivity index (χ2v) is 4.06. The standard InChI is InChI=1S/C13H15FN2O2/c1-8(17)15-6-5-10-11-7-9(18-2)3-4-12(11)16-13(10)14/h3-4,7,16H,5-6H2,1-2H3,(H,15,17). The monoisotopic (exact) mass is 250 g/mol. The van der Waals surface area contributed by atoms with E-state index in [0.717, 1.165) is 10.9 Å². The van der Waals surface area contributed by atoms with Gasteiger partial charge >= 0.3 is 0 Å². The zero-order valence-electron chi connectivity index (χ0n) is 10.3. The summed E-state index contributed by atoms with van der Waals surface area (Å²) in [7, 11) is 1.57. The van der Waals surface area contributed by atoms with Crippen molar-refractivity contribution in [3.63, 3.8) is 0 Å². The molecule has 18 heavy (non-hydrogen) atoms. The number of benzene rings is 1. The van der Waals surface area contributed by atoms with Gasteiger partial charge in [0.1, 0.15) is 5.75 Å². The third-order valence-corrected chi connectivity index (χ3v) is 2.81. The number of hydrogen-bond donors (Lipinski definition) is 2. The molecule has 1 heterocycles. The van der Waals surface area contributed by atoms with E-state index in [9.17, 15) is 9.18 Å². The van der Waals surface area contributed by atoms with Gasteiger partial charge in [-0.3, -0.25) is 4.79 Å². The van der Waals surface area contributed by atoms with Crippen LogP contribution in [0.3, 0.4) is 0 Å². The number of fused-ring (bicyclic) bond motifs is 1. The van der Waals surface area contributed by atoms with Gasteiger partial charge in [0.25, 0.3) is 0 Å². The van der Waals surface area contributed by atoms with Crippen molar-refractivity contribution >= 4 is 16.8 Å². The molecular formula is C13H15FN2O2. The van der Waals surface area contributed by atoms with Crippen molar-refractivity contribution in [1.82, 2.24) is 10.3 Å². The van der Waals surface area contributed by atoms with E-state index in [0.29, 0.717) is 24.3 Å². The van der Waals surface area contributed by atoms with Crippen LogP contribution in [0.15, 0.2) is 18.2 Å². The predicted octanol–water partition coefficient (Wildman–Crippen LogP) is 1.99. The molecule has 4 nitrogen and oxygen atoms in total. The first-order valence-corrected chi connectivity index (χ1v) is 5.70. The molecule has 2 N–H and O–H groups in total. The number of hydrogen-bond acceptors (Lipinski definition) is 2. The Bertz CT molecular complexity index is 578. The number of amides is 1. The number of H-pyrrole nitrogens is 1. The van der Waals surface area contributed by atoms with Crippen molar-refractivity contribution in [2.75, 3.05) is 13.7 Å². The maximum Gasteiger partial charge on any atom is 0.216 e. The van der Waals surface area contributed by atoms with Crippen LogP contribution in [0.1, 0.15) is 12.5 Å². The lowest BCUT2D eigenvalue weighted by atomic mass is 10.1. The zero-order valence-corrected chi connectivity index (χ0v) is 10.3. The highest BCUT2D eigenvalue weighted by Crippen LogP contribution is 2.26. The van der Waals surface area contributed by atoms with Crippen molar-refractivity contribution in [1.29, 1.82) is 0 Å². The Kier molecular flexibility index (Phi) is 3.50. The SMILES string of the molecule is COc1ccc2[nH]c(F)c(CCNC(C)=O)c2c1. The Morgan fingerprint density at radius 1 is 1.50 bits per heavy atom. The van der Waals surface area contributed by atoms with Crippen LogP contribution in [0.2, 0.25) is 0 Å². The molecule has 1 amide bonds. The summed E-state index contributed by atoms with van der Waals surface area (Å²) in [6.07, 6.45) is 0.443. The fraction of sp³-hybridized carbons (Fsp3) is 0.308. The van der Waals surface area contributed by atoms with Crippen LogP contribution in [-0.2, 0) is 11.2 Å². The van der Waals surface area contributed by atoms with Crippen LogP contribution < -0.4 is 10.1 Å². The molecule has 1 aromatic carbocycles. The molecule has 0 spiro atoms. The van der Waals surface area contributed by atoms with Gasteiger partial charge in [-0.25, -0.2) is 0 Å². The number of aromatic nitrogens is 1. The number of methoxy groups -OCH3 is 1. The lowest BCUT2D eigenvalue weighted by Crippen LogP contribution is -2.22. The largest absolute Gasteiger partial charge is 0.497 e. The number of aromatic amines is 1. The van der Waals surface area contributed by atoms with E-state index in [2.05, 4.69) is 10.3 Å². The first kappa shape index (κ1) is 12.4. The normalized spacial score (nSPS) is 10.6. The molecule has 0 saturated heterocycles. The second-order valence-electron chi connectivity index (χ2n) is 4.06. The summed E-state index contributed by atoms with van der Waals surface area (Å²) in [6.45, 7) is 1.85. The van der Waals surface area contributed by atoms with Gasteiger partial charge in [-0.2, -0.15) is 4.39 Å². The van der Waals surface area contributed by atoms with Crippen molar-refractivity contribution in [3.8, 4) is 5.75 Å². The second kappa shape index (κ2) is 5.08. The first-order chi connectivity index (χ1) is 8.61. The summed E-state index contributed by atoms with van der Waals surface area (Å²) >= 11 is 0. The Hall–Kier alpha value is -2.04. The predicted molar refractivity (Wildman–Crippen MR) is 67.2 cm³/mol. The number of ether oxygens (including phenoxy) is 1. The van der Waals surface area contributed by atoms with E-state index in [-0.39, 0.29) is 11.9 Å². The topological polar surface area (TPSA) is 54.1 Å². The molecule has 0 radical (unpaired) electrons. The van der Waals surface area contributed by atoms with Crippen molar-refractivity contribution < 1.29 is 13.9 Å². The van der Waals surface area contributed by atoms with E-state index in [1.54, 1.807) is 25.3 Å². The molecule has 96 valence electrons. The van der Waals surface area contributed by atoms with Gasteiger partial charge in [0.2, 0.25) is 5.91 Å². The van der Waals surface area contributed by atoms with E-state index >= 15 is 0 Å². The zero-order chi connectivity index (χ0) is 13.1. The van der Waals surface area contributed by atoms with Gasteiger partial charge in [-0.1, -0.05) is 0 Å². The molecule has 0 aliphatic heterocycles. The van der Waals surface area contributed by atoms with E-state index < -0.39 is 0 Å². The molecule has 0 fully saturated rings. The van der Waals surface area contributed by atoms with Gasteiger partial charge in [0.05, 0.1) is 7.11 Å². The van der Waals surface area contributed by atoms with Crippen LogP contribution in [0.5, 0.6) is 5.75 Å². The molecule has 0 aliphatic rings. The molecule has 2 aromatic rings. The summed E-state index contributed by atoms with van der Waals surface area (Å²) < 4.78 is 18.9. The minimum Gasteiger partial charge on any atom is -0.497 e. The van der Waals surface area contributed by atoms with Gasteiger partial charge in [-0.05, 0) is 24.6 Å². The molecule has 2 rings (SSSR count). The Morgan fingerprint density at radius 2 is 2.28 bits per heavy atom. The smallest absolute Gasteiger partial charge is 0.216 e. The maximum absolute atomic E-state index is 13.8.